The first-order valence-electron chi connectivity index (χ1n) is 6.83. The molecule has 0 aliphatic rings. The number of rotatable bonds is 4. The quantitative estimate of drug-likeness (QED) is 0.790. The molecule has 0 aliphatic carbocycles. The Morgan fingerprint density at radius 3 is 2.95 bits per heavy atom. The molecule has 0 amide bonds. The molecule has 3 rings (SSSR count). The molecule has 1 aromatic carbocycles. The second-order valence-corrected chi connectivity index (χ2v) is 4.84. The highest BCUT2D eigenvalue weighted by atomic mass is 16.3. The first kappa shape index (κ1) is 12.8. The SMILES string of the molecule is CCCn1ccnc1C(O)c1ccc2ncccc2c1. The van der Waals surface area contributed by atoms with Crippen molar-refractivity contribution in [2.24, 2.45) is 0 Å². The fraction of sp³-hybridized carbons (Fsp3) is 0.250. The van der Waals surface area contributed by atoms with Gasteiger partial charge in [-0.2, -0.15) is 0 Å². The van der Waals surface area contributed by atoms with Crippen LogP contribution in [0.5, 0.6) is 0 Å². The van der Waals surface area contributed by atoms with Crippen molar-refractivity contribution in [3.05, 3.63) is 60.3 Å². The Morgan fingerprint density at radius 2 is 2.10 bits per heavy atom. The zero-order chi connectivity index (χ0) is 13.9. The van der Waals surface area contributed by atoms with E-state index in [2.05, 4.69) is 16.9 Å². The van der Waals surface area contributed by atoms with Gasteiger partial charge in [-0.15, -0.1) is 0 Å². The van der Waals surface area contributed by atoms with Gasteiger partial charge in [0.05, 0.1) is 5.52 Å². The van der Waals surface area contributed by atoms with E-state index >= 15 is 0 Å². The standard InChI is InChI=1S/C16H17N3O/c1-2-9-19-10-8-18-16(19)15(20)13-5-6-14-12(11-13)4-3-7-17-14/h3-8,10-11,15,20H,2,9H2,1H3. The minimum absolute atomic E-state index is 0.690. The Morgan fingerprint density at radius 1 is 1.20 bits per heavy atom. The molecule has 0 radical (unpaired) electrons. The molecule has 0 saturated heterocycles. The third kappa shape index (κ3) is 2.30. The van der Waals surface area contributed by atoms with Gasteiger partial charge in [0.2, 0.25) is 0 Å². The maximum atomic E-state index is 10.5. The predicted octanol–water partition coefficient (Wildman–Crippen LogP) is 2.92. The number of imidazole rings is 1. The van der Waals surface area contributed by atoms with Crippen molar-refractivity contribution < 1.29 is 5.11 Å². The zero-order valence-electron chi connectivity index (χ0n) is 11.4. The predicted molar refractivity (Wildman–Crippen MR) is 78.3 cm³/mol. The van der Waals surface area contributed by atoms with E-state index in [9.17, 15) is 5.11 Å². The number of nitrogens with zero attached hydrogens (tertiary/aromatic N) is 3. The van der Waals surface area contributed by atoms with Gasteiger partial charge in [-0.25, -0.2) is 4.98 Å². The maximum absolute atomic E-state index is 10.5. The first-order chi connectivity index (χ1) is 9.79. The lowest BCUT2D eigenvalue weighted by Gasteiger charge is -2.13. The smallest absolute Gasteiger partial charge is 0.142 e. The zero-order valence-corrected chi connectivity index (χ0v) is 11.4. The van der Waals surface area contributed by atoms with Gasteiger partial charge in [-0.05, 0) is 30.2 Å². The van der Waals surface area contributed by atoms with Crippen LogP contribution in [0.1, 0.15) is 30.8 Å². The van der Waals surface area contributed by atoms with E-state index in [4.69, 9.17) is 0 Å². The van der Waals surface area contributed by atoms with Gasteiger partial charge in [-0.3, -0.25) is 4.98 Å². The number of aliphatic hydroxyl groups excluding tert-OH is 1. The number of aliphatic hydroxyl groups is 1. The van der Waals surface area contributed by atoms with E-state index in [0.717, 1.165) is 29.4 Å². The van der Waals surface area contributed by atoms with Crippen molar-refractivity contribution in [3.8, 4) is 0 Å². The highest BCUT2D eigenvalue weighted by Gasteiger charge is 2.16. The molecule has 3 aromatic rings. The highest BCUT2D eigenvalue weighted by molar-refractivity contribution is 5.79. The third-order valence-electron chi connectivity index (χ3n) is 3.40. The third-order valence-corrected chi connectivity index (χ3v) is 3.40. The van der Waals surface area contributed by atoms with Gasteiger partial charge in [0.15, 0.2) is 0 Å². The summed E-state index contributed by atoms with van der Waals surface area (Å²) in [5.41, 5.74) is 1.77. The Kier molecular flexibility index (Phi) is 3.48. The Hall–Kier alpha value is -2.20. The molecule has 4 nitrogen and oxygen atoms in total. The van der Waals surface area contributed by atoms with Crippen molar-refractivity contribution in [3.63, 3.8) is 0 Å². The van der Waals surface area contributed by atoms with Gasteiger partial charge in [0.1, 0.15) is 11.9 Å². The summed E-state index contributed by atoms with van der Waals surface area (Å²) in [6, 6.07) is 9.71. The lowest BCUT2D eigenvalue weighted by Crippen LogP contribution is -2.09. The number of hydrogen-bond donors (Lipinski definition) is 1. The number of aryl methyl sites for hydroxylation is 1. The molecular formula is C16H17N3O. The number of aromatic nitrogens is 3. The van der Waals surface area contributed by atoms with Crippen LogP contribution in [0.15, 0.2) is 48.9 Å². The summed E-state index contributed by atoms with van der Waals surface area (Å²) in [5, 5.41) is 11.6. The van der Waals surface area contributed by atoms with Crippen LogP contribution in [-0.2, 0) is 6.54 Å². The van der Waals surface area contributed by atoms with Crippen molar-refractivity contribution in [1.29, 1.82) is 0 Å². The molecule has 0 saturated carbocycles. The van der Waals surface area contributed by atoms with E-state index < -0.39 is 6.10 Å². The van der Waals surface area contributed by atoms with E-state index in [1.54, 1.807) is 12.4 Å². The summed E-state index contributed by atoms with van der Waals surface area (Å²) >= 11 is 0. The summed E-state index contributed by atoms with van der Waals surface area (Å²) in [6.07, 6.45) is 5.71. The topological polar surface area (TPSA) is 50.9 Å². The fourth-order valence-corrected chi connectivity index (χ4v) is 2.41. The molecule has 0 bridgehead atoms. The molecule has 0 fully saturated rings. The Labute approximate surface area is 117 Å². The molecule has 102 valence electrons. The number of fused-ring (bicyclic) bond motifs is 1. The molecule has 1 atom stereocenters. The summed E-state index contributed by atoms with van der Waals surface area (Å²) in [5.74, 6) is 0.690. The lowest BCUT2D eigenvalue weighted by molar-refractivity contribution is 0.204. The van der Waals surface area contributed by atoms with E-state index in [1.165, 1.54) is 0 Å². The number of hydrogen-bond acceptors (Lipinski definition) is 3. The van der Waals surface area contributed by atoms with Crippen LogP contribution in [0.25, 0.3) is 10.9 Å². The largest absolute Gasteiger partial charge is 0.380 e. The van der Waals surface area contributed by atoms with Crippen molar-refractivity contribution in [2.75, 3.05) is 0 Å². The van der Waals surface area contributed by atoms with Crippen molar-refractivity contribution in [2.45, 2.75) is 26.0 Å². The van der Waals surface area contributed by atoms with Crippen molar-refractivity contribution >= 4 is 10.9 Å². The van der Waals surface area contributed by atoms with Gasteiger partial charge in [0.25, 0.3) is 0 Å². The van der Waals surface area contributed by atoms with E-state index in [0.29, 0.717) is 5.82 Å². The molecule has 2 heterocycles. The van der Waals surface area contributed by atoms with Crippen LogP contribution in [0.4, 0.5) is 0 Å². The molecule has 4 heteroatoms. The summed E-state index contributed by atoms with van der Waals surface area (Å²) in [7, 11) is 0. The molecule has 0 spiro atoms. The normalized spacial score (nSPS) is 12.7. The average Bonchev–Trinajstić information content (AvgIpc) is 2.94. The van der Waals surface area contributed by atoms with Gasteiger partial charge < -0.3 is 9.67 Å². The molecule has 0 aliphatic heterocycles. The van der Waals surface area contributed by atoms with E-state index in [1.807, 2.05) is 41.1 Å². The number of benzene rings is 1. The second kappa shape index (κ2) is 5.43. The second-order valence-electron chi connectivity index (χ2n) is 4.84. The molecule has 1 N–H and O–H groups in total. The molecular weight excluding hydrogens is 250 g/mol. The monoisotopic (exact) mass is 267 g/mol. The summed E-state index contributed by atoms with van der Waals surface area (Å²) in [6.45, 7) is 2.97. The fourth-order valence-electron chi connectivity index (χ4n) is 2.41. The van der Waals surface area contributed by atoms with Gasteiger partial charge >= 0.3 is 0 Å². The minimum atomic E-state index is -0.707. The van der Waals surface area contributed by atoms with Crippen LogP contribution in [0.2, 0.25) is 0 Å². The molecule has 2 aromatic heterocycles. The summed E-state index contributed by atoms with van der Waals surface area (Å²) < 4.78 is 2.00. The van der Waals surface area contributed by atoms with Crippen LogP contribution < -0.4 is 0 Å². The van der Waals surface area contributed by atoms with Gasteiger partial charge in [0, 0.05) is 30.5 Å². The highest BCUT2D eigenvalue weighted by Crippen LogP contribution is 2.24. The number of pyridine rings is 1. The Bertz CT molecular complexity index is 720. The summed E-state index contributed by atoms with van der Waals surface area (Å²) in [4.78, 5) is 8.58. The first-order valence-corrected chi connectivity index (χ1v) is 6.83. The van der Waals surface area contributed by atoms with Crippen molar-refractivity contribution in [1.82, 2.24) is 14.5 Å². The van der Waals surface area contributed by atoms with Gasteiger partial charge in [-0.1, -0.05) is 19.1 Å². The minimum Gasteiger partial charge on any atom is -0.380 e. The molecule has 20 heavy (non-hydrogen) atoms. The molecule has 1 unspecified atom stereocenters. The maximum Gasteiger partial charge on any atom is 0.142 e. The van der Waals surface area contributed by atoms with Crippen LogP contribution in [0.3, 0.4) is 0 Å². The van der Waals surface area contributed by atoms with Crippen LogP contribution in [-0.4, -0.2) is 19.6 Å². The average molecular weight is 267 g/mol. The Balaban J connectivity index is 1.99. The lowest BCUT2D eigenvalue weighted by atomic mass is 10.1. The van der Waals surface area contributed by atoms with Crippen LogP contribution >= 0.6 is 0 Å². The van der Waals surface area contributed by atoms with Crippen LogP contribution in [0, 0.1) is 0 Å². The van der Waals surface area contributed by atoms with E-state index in [-0.39, 0.29) is 0 Å².